The van der Waals surface area contributed by atoms with Crippen LogP contribution in [0.15, 0.2) is 12.4 Å². The van der Waals surface area contributed by atoms with E-state index in [0.717, 1.165) is 57.3 Å². The van der Waals surface area contributed by atoms with Gasteiger partial charge in [-0.15, -0.1) is 0 Å². The second-order valence-corrected chi connectivity index (χ2v) is 5.73. The van der Waals surface area contributed by atoms with Crippen LogP contribution in [0.1, 0.15) is 58.2 Å². The molecule has 0 aromatic carbocycles. The lowest BCUT2D eigenvalue weighted by Crippen LogP contribution is -2.19. The first kappa shape index (κ1) is 18.2. The highest BCUT2D eigenvalue weighted by Crippen LogP contribution is 2.12. The quantitative estimate of drug-likeness (QED) is 0.516. The first-order valence-electron chi connectivity index (χ1n) is 8.63. The van der Waals surface area contributed by atoms with Crippen LogP contribution >= 0.6 is 0 Å². The molecule has 1 heterocycles. The summed E-state index contributed by atoms with van der Waals surface area (Å²) in [4.78, 5) is 7.34. The molecular weight excluding hydrogens is 262 g/mol. The Labute approximate surface area is 130 Å². The summed E-state index contributed by atoms with van der Waals surface area (Å²) in [7, 11) is 0. The van der Waals surface area contributed by atoms with Gasteiger partial charge in [0, 0.05) is 32.0 Å². The van der Waals surface area contributed by atoms with Crippen LogP contribution in [0.3, 0.4) is 0 Å². The number of nitrogens with zero attached hydrogens (tertiary/aromatic N) is 1. The number of hydrogen-bond acceptors (Lipinski definition) is 3. The summed E-state index contributed by atoms with van der Waals surface area (Å²) in [5.74, 6) is 1.84. The van der Waals surface area contributed by atoms with Crippen LogP contribution in [-0.2, 0) is 11.2 Å². The minimum absolute atomic E-state index is 0.756. The number of nitrogens with one attached hydrogen (secondary N) is 2. The Hall–Kier alpha value is -0.870. The number of aromatic amines is 1. The van der Waals surface area contributed by atoms with Gasteiger partial charge in [-0.1, -0.05) is 33.1 Å². The number of aryl methyl sites for hydroxylation is 1. The molecule has 4 nitrogen and oxygen atoms in total. The molecule has 0 saturated heterocycles. The largest absolute Gasteiger partial charge is 0.381 e. The number of rotatable bonds is 14. The highest BCUT2D eigenvalue weighted by molar-refractivity contribution is 4.86. The summed E-state index contributed by atoms with van der Waals surface area (Å²) in [6.07, 6.45) is 12.1. The van der Waals surface area contributed by atoms with Crippen LogP contribution in [0.25, 0.3) is 0 Å². The zero-order valence-electron chi connectivity index (χ0n) is 13.9. The number of hydrogen-bond donors (Lipinski definition) is 2. The summed E-state index contributed by atoms with van der Waals surface area (Å²) < 4.78 is 5.79. The van der Waals surface area contributed by atoms with Crippen molar-refractivity contribution in [2.75, 3.05) is 26.3 Å². The fourth-order valence-electron chi connectivity index (χ4n) is 2.39. The van der Waals surface area contributed by atoms with Crippen LogP contribution < -0.4 is 5.32 Å². The van der Waals surface area contributed by atoms with Gasteiger partial charge in [-0.3, -0.25) is 0 Å². The molecule has 1 aromatic heterocycles. The Balaban J connectivity index is 1.83. The molecule has 122 valence electrons. The molecule has 0 saturated carbocycles. The predicted octanol–water partition coefficient (Wildman–Crippen LogP) is 3.56. The molecule has 0 aliphatic rings. The van der Waals surface area contributed by atoms with E-state index in [-0.39, 0.29) is 0 Å². The van der Waals surface area contributed by atoms with Crippen LogP contribution in [0.5, 0.6) is 0 Å². The monoisotopic (exact) mass is 295 g/mol. The van der Waals surface area contributed by atoms with Gasteiger partial charge in [-0.25, -0.2) is 4.98 Å². The Bertz CT molecular complexity index is 314. The van der Waals surface area contributed by atoms with E-state index in [0.29, 0.717) is 0 Å². The van der Waals surface area contributed by atoms with Crippen LogP contribution in [0.4, 0.5) is 0 Å². The highest BCUT2D eigenvalue weighted by atomic mass is 16.5. The van der Waals surface area contributed by atoms with Gasteiger partial charge in [0.25, 0.3) is 0 Å². The molecule has 1 aromatic rings. The van der Waals surface area contributed by atoms with Gasteiger partial charge in [0.2, 0.25) is 0 Å². The fraction of sp³-hybridized carbons (Fsp3) is 0.824. The van der Waals surface area contributed by atoms with E-state index >= 15 is 0 Å². The van der Waals surface area contributed by atoms with Gasteiger partial charge in [0.15, 0.2) is 0 Å². The summed E-state index contributed by atoms with van der Waals surface area (Å²) >= 11 is 0. The standard InChI is InChI=1S/C17H33N3O/c1-3-5-8-16(4-2)15-21-14-7-11-18-10-6-9-17-19-12-13-20-17/h12-13,16,18H,3-11,14-15H2,1-2H3,(H,19,20). The minimum atomic E-state index is 0.756. The van der Waals surface area contributed by atoms with E-state index in [2.05, 4.69) is 29.1 Å². The first-order chi connectivity index (χ1) is 10.4. The number of unbranched alkanes of at least 4 members (excludes halogenated alkanes) is 1. The van der Waals surface area contributed by atoms with E-state index in [1.54, 1.807) is 0 Å². The van der Waals surface area contributed by atoms with Gasteiger partial charge in [-0.05, 0) is 38.3 Å². The molecule has 0 amide bonds. The van der Waals surface area contributed by atoms with E-state index < -0.39 is 0 Å². The van der Waals surface area contributed by atoms with Gasteiger partial charge in [0.05, 0.1) is 0 Å². The highest BCUT2D eigenvalue weighted by Gasteiger charge is 2.05. The van der Waals surface area contributed by atoms with Gasteiger partial charge in [-0.2, -0.15) is 0 Å². The van der Waals surface area contributed by atoms with Crippen molar-refractivity contribution < 1.29 is 4.74 Å². The Morgan fingerprint density at radius 2 is 2.10 bits per heavy atom. The third-order valence-corrected chi connectivity index (χ3v) is 3.86. The molecule has 2 N–H and O–H groups in total. The molecule has 4 heteroatoms. The molecule has 0 fully saturated rings. The SMILES string of the molecule is CCCCC(CC)COCCCNCCCc1ncc[nH]1. The van der Waals surface area contributed by atoms with Crippen molar-refractivity contribution in [2.24, 2.45) is 5.92 Å². The lowest BCUT2D eigenvalue weighted by molar-refractivity contribution is 0.0922. The van der Waals surface area contributed by atoms with Crippen LogP contribution in [0.2, 0.25) is 0 Å². The molecule has 0 radical (unpaired) electrons. The molecule has 0 spiro atoms. The summed E-state index contributed by atoms with van der Waals surface area (Å²) in [5.41, 5.74) is 0. The fourth-order valence-corrected chi connectivity index (χ4v) is 2.39. The molecule has 1 rings (SSSR count). The van der Waals surface area contributed by atoms with E-state index in [1.165, 1.54) is 25.7 Å². The van der Waals surface area contributed by atoms with Crippen molar-refractivity contribution in [3.05, 3.63) is 18.2 Å². The van der Waals surface area contributed by atoms with E-state index in [1.807, 2.05) is 12.4 Å². The van der Waals surface area contributed by atoms with Gasteiger partial charge in [0.1, 0.15) is 5.82 Å². The number of aromatic nitrogens is 2. The zero-order valence-corrected chi connectivity index (χ0v) is 13.9. The smallest absolute Gasteiger partial charge is 0.106 e. The molecular formula is C17H33N3O. The summed E-state index contributed by atoms with van der Waals surface area (Å²) in [5, 5.41) is 3.46. The lowest BCUT2D eigenvalue weighted by Gasteiger charge is -2.14. The molecule has 21 heavy (non-hydrogen) atoms. The van der Waals surface area contributed by atoms with Crippen molar-refractivity contribution in [3.63, 3.8) is 0 Å². The third-order valence-electron chi connectivity index (χ3n) is 3.86. The maximum Gasteiger partial charge on any atom is 0.106 e. The maximum atomic E-state index is 5.79. The predicted molar refractivity (Wildman–Crippen MR) is 88.5 cm³/mol. The molecule has 0 bridgehead atoms. The Morgan fingerprint density at radius 3 is 2.81 bits per heavy atom. The van der Waals surface area contributed by atoms with Crippen molar-refractivity contribution in [1.82, 2.24) is 15.3 Å². The van der Waals surface area contributed by atoms with Crippen molar-refractivity contribution >= 4 is 0 Å². The number of imidazole rings is 1. The summed E-state index contributed by atoms with van der Waals surface area (Å²) in [6.45, 7) is 8.44. The van der Waals surface area contributed by atoms with Gasteiger partial charge < -0.3 is 15.0 Å². The zero-order chi connectivity index (χ0) is 15.2. The Kier molecular flexibility index (Phi) is 11.1. The number of H-pyrrole nitrogens is 1. The molecule has 1 unspecified atom stereocenters. The van der Waals surface area contributed by atoms with E-state index in [4.69, 9.17) is 4.74 Å². The molecule has 0 aliphatic carbocycles. The minimum Gasteiger partial charge on any atom is -0.381 e. The topological polar surface area (TPSA) is 49.9 Å². The van der Waals surface area contributed by atoms with Crippen molar-refractivity contribution in [3.8, 4) is 0 Å². The second kappa shape index (κ2) is 12.8. The maximum absolute atomic E-state index is 5.79. The lowest BCUT2D eigenvalue weighted by atomic mass is 10.0. The third kappa shape index (κ3) is 9.64. The van der Waals surface area contributed by atoms with E-state index in [9.17, 15) is 0 Å². The normalized spacial score (nSPS) is 12.7. The molecule has 0 aliphatic heterocycles. The number of ether oxygens (including phenoxy) is 1. The average molecular weight is 295 g/mol. The average Bonchev–Trinajstić information content (AvgIpc) is 3.02. The summed E-state index contributed by atoms with van der Waals surface area (Å²) in [6, 6.07) is 0. The van der Waals surface area contributed by atoms with Crippen molar-refractivity contribution in [2.45, 2.75) is 58.8 Å². The molecule has 1 atom stereocenters. The Morgan fingerprint density at radius 1 is 1.24 bits per heavy atom. The van der Waals surface area contributed by atoms with Crippen LogP contribution in [-0.4, -0.2) is 36.3 Å². The van der Waals surface area contributed by atoms with Gasteiger partial charge >= 0.3 is 0 Å². The van der Waals surface area contributed by atoms with Crippen LogP contribution in [0, 0.1) is 5.92 Å². The van der Waals surface area contributed by atoms with Crippen molar-refractivity contribution in [1.29, 1.82) is 0 Å². The second-order valence-electron chi connectivity index (χ2n) is 5.73. The first-order valence-corrected chi connectivity index (χ1v) is 8.63.